The number of aliphatic carboxylic acids is 1. The highest BCUT2D eigenvalue weighted by Gasteiger charge is 2.28. The van der Waals surface area contributed by atoms with E-state index in [0.29, 0.717) is 6.42 Å². The number of nitrogens with two attached hydrogens (primary N) is 1. The van der Waals surface area contributed by atoms with Crippen molar-refractivity contribution in [3.05, 3.63) is 0 Å². The SMILES string of the molecule is CCCCN(C)S(=O)(=O)N[C@@H](CC(N)=O)C(=O)O. The number of carboxylic acids is 1. The van der Waals surface area contributed by atoms with Gasteiger partial charge in [0.25, 0.3) is 10.2 Å². The molecule has 8 nitrogen and oxygen atoms in total. The number of carboxylic acid groups (broad SMARTS) is 1. The van der Waals surface area contributed by atoms with E-state index >= 15 is 0 Å². The van der Waals surface area contributed by atoms with Gasteiger partial charge >= 0.3 is 5.97 Å². The average Bonchev–Trinajstić information content (AvgIpc) is 2.23. The van der Waals surface area contributed by atoms with Crippen LogP contribution in [0, 0.1) is 0 Å². The van der Waals surface area contributed by atoms with E-state index in [9.17, 15) is 18.0 Å². The minimum Gasteiger partial charge on any atom is -0.480 e. The Balaban J connectivity index is 4.69. The Morgan fingerprint density at radius 2 is 2.00 bits per heavy atom. The zero-order valence-corrected chi connectivity index (χ0v) is 11.2. The zero-order chi connectivity index (χ0) is 14.3. The maximum Gasteiger partial charge on any atom is 0.322 e. The molecule has 0 rings (SSSR count). The summed E-state index contributed by atoms with van der Waals surface area (Å²) >= 11 is 0. The molecule has 0 fully saturated rings. The smallest absolute Gasteiger partial charge is 0.322 e. The molecule has 0 aliphatic carbocycles. The lowest BCUT2D eigenvalue weighted by molar-refractivity contribution is -0.140. The van der Waals surface area contributed by atoms with Crippen LogP contribution >= 0.6 is 0 Å². The van der Waals surface area contributed by atoms with Crippen molar-refractivity contribution in [3.8, 4) is 0 Å². The van der Waals surface area contributed by atoms with Crippen LogP contribution in [0.2, 0.25) is 0 Å². The number of unbranched alkanes of at least 4 members (excludes halogenated alkanes) is 1. The van der Waals surface area contributed by atoms with E-state index in [1.54, 1.807) is 0 Å². The first kappa shape index (κ1) is 16.8. The average molecular weight is 281 g/mol. The number of hydrogen-bond acceptors (Lipinski definition) is 4. The van der Waals surface area contributed by atoms with Gasteiger partial charge in [0.2, 0.25) is 5.91 Å². The van der Waals surface area contributed by atoms with Crippen molar-refractivity contribution in [3.63, 3.8) is 0 Å². The quantitative estimate of drug-likeness (QED) is 0.493. The maximum absolute atomic E-state index is 11.7. The molecule has 0 saturated heterocycles. The number of rotatable bonds is 9. The minimum atomic E-state index is -3.93. The van der Waals surface area contributed by atoms with Crippen molar-refractivity contribution in [1.82, 2.24) is 9.03 Å². The predicted octanol–water partition coefficient (Wildman–Crippen LogP) is -1.12. The van der Waals surface area contributed by atoms with Crippen LogP contribution in [0.3, 0.4) is 0 Å². The summed E-state index contributed by atoms with van der Waals surface area (Å²) < 4.78 is 26.4. The summed E-state index contributed by atoms with van der Waals surface area (Å²) in [6, 6.07) is -1.54. The van der Waals surface area contributed by atoms with E-state index in [1.807, 2.05) is 11.6 Å². The van der Waals surface area contributed by atoms with Crippen molar-refractivity contribution >= 4 is 22.1 Å². The molecule has 0 radical (unpaired) electrons. The first-order chi connectivity index (χ1) is 8.20. The number of primary amides is 1. The molecule has 0 heterocycles. The molecule has 18 heavy (non-hydrogen) atoms. The fraction of sp³-hybridized carbons (Fsp3) is 0.778. The van der Waals surface area contributed by atoms with E-state index in [2.05, 4.69) is 0 Å². The van der Waals surface area contributed by atoms with E-state index in [0.717, 1.165) is 10.7 Å². The van der Waals surface area contributed by atoms with E-state index < -0.39 is 34.5 Å². The van der Waals surface area contributed by atoms with Gasteiger partial charge in [-0.3, -0.25) is 9.59 Å². The van der Waals surface area contributed by atoms with Gasteiger partial charge in [0.05, 0.1) is 6.42 Å². The summed E-state index contributed by atoms with van der Waals surface area (Å²) in [7, 11) is -2.59. The van der Waals surface area contributed by atoms with Crippen molar-refractivity contribution in [2.24, 2.45) is 5.73 Å². The van der Waals surface area contributed by atoms with Crippen molar-refractivity contribution < 1.29 is 23.1 Å². The Hall–Kier alpha value is -1.19. The van der Waals surface area contributed by atoms with Crippen LogP contribution in [-0.2, 0) is 19.8 Å². The molecular weight excluding hydrogens is 262 g/mol. The van der Waals surface area contributed by atoms with Gasteiger partial charge in [-0.2, -0.15) is 17.4 Å². The Morgan fingerprint density at radius 3 is 2.39 bits per heavy atom. The number of carbonyl (C=O) groups is 2. The van der Waals surface area contributed by atoms with Gasteiger partial charge in [0.1, 0.15) is 6.04 Å². The van der Waals surface area contributed by atoms with E-state index in [-0.39, 0.29) is 6.54 Å². The fourth-order valence-corrected chi connectivity index (χ4v) is 2.24. The third-order valence-electron chi connectivity index (χ3n) is 2.23. The van der Waals surface area contributed by atoms with Crippen LogP contribution in [0.5, 0.6) is 0 Å². The molecular formula is C9H19N3O5S. The normalized spacial score (nSPS) is 13.5. The number of amides is 1. The van der Waals surface area contributed by atoms with Gasteiger partial charge in [-0.05, 0) is 6.42 Å². The second kappa shape index (κ2) is 7.29. The third-order valence-corrected chi connectivity index (χ3v) is 3.82. The van der Waals surface area contributed by atoms with Crippen molar-refractivity contribution in [2.75, 3.05) is 13.6 Å². The molecule has 0 aromatic rings. The lowest BCUT2D eigenvalue weighted by atomic mass is 10.2. The minimum absolute atomic E-state index is 0.273. The highest BCUT2D eigenvalue weighted by molar-refractivity contribution is 7.87. The number of hydrogen-bond donors (Lipinski definition) is 3. The Labute approximate surface area is 106 Å². The van der Waals surface area contributed by atoms with E-state index in [4.69, 9.17) is 10.8 Å². The molecule has 0 bridgehead atoms. The van der Waals surface area contributed by atoms with Crippen LogP contribution in [0.4, 0.5) is 0 Å². The molecule has 0 aromatic carbocycles. The van der Waals surface area contributed by atoms with Gasteiger partial charge in [-0.15, -0.1) is 0 Å². The van der Waals surface area contributed by atoms with Crippen LogP contribution < -0.4 is 10.5 Å². The monoisotopic (exact) mass is 281 g/mol. The van der Waals surface area contributed by atoms with Crippen molar-refractivity contribution in [2.45, 2.75) is 32.2 Å². The Kier molecular flexibility index (Phi) is 6.81. The van der Waals surface area contributed by atoms with Crippen LogP contribution in [-0.4, -0.2) is 49.3 Å². The highest BCUT2D eigenvalue weighted by atomic mass is 32.2. The molecule has 0 saturated carbocycles. The highest BCUT2D eigenvalue weighted by Crippen LogP contribution is 2.02. The van der Waals surface area contributed by atoms with Crippen LogP contribution in [0.25, 0.3) is 0 Å². The maximum atomic E-state index is 11.7. The summed E-state index contributed by atoms with van der Waals surface area (Å²) in [5, 5.41) is 8.79. The lowest BCUT2D eigenvalue weighted by Crippen LogP contribution is -2.48. The first-order valence-electron chi connectivity index (χ1n) is 5.45. The molecule has 106 valence electrons. The fourth-order valence-electron chi connectivity index (χ4n) is 1.15. The second-order valence-corrected chi connectivity index (χ2v) is 5.67. The summed E-state index contributed by atoms with van der Waals surface area (Å²) in [5.41, 5.74) is 4.86. The Bertz CT molecular complexity index is 395. The summed E-state index contributed by atoms with van der Waals surface area (Å²) in [5.74, 6) is -2.33. The molecule has 0 aromatic heterocycles. The van der Waals surface area contributed by atoms with Crippen LogP contribution in [0.1, 0.15) is 26.2 Å². The van der Waals surface area contributed by atoms with Gasteiger partial charge in [0, 0.05) is 13.6 Å². The third kappa shape index (κ3) is 5.94. The summed E-state index contributed by atoms with van der Waals surface area (Å²) in [6.45, 7) is 2.18. The predicted molar refractivity (Wildman–Crippen MR) is 64.8 cm³/mol. The summed E-state index contributed by atoms with van der Waals surface area (Å²) in [6.07, 6.45) is 0.880. The first-order valence-corrected chi connectivity index (χ1v) is 6.89. The molecule has 0 aliphatic rings. The Morgan fingerprint density at radius 1 is 1.44 bits per heavy atom. The van der Waals surface area contributed by atoms with Crippen LogP contribution in [0.15, 0.2) is 0 Å². The number of carbonyl (C=O) groups excluding carboxylic acids is 1. The number of nitrogens with zero attached hydrogens (tertiary/aromatic N) is 1. The number of nitrogens with one attached hydrogen (secondary N) is 1. The second-order valence-electron chi connectivity index (χ2n) is 3.86. The molecule has 4 N–H and O–H groups in total. The zero-order valence-electron chi connectivity index (χ0n) is 10.4. The molecule has 1 atom stereocenters. The molecule has 0 spiro atoms. The molecule has 9 heteroatoms. The van der Waals surface area contributed by atoms with Gasteiger partial charge in [-0.25, -0.2) is 0 Å². The molecule has 0 unspecified atom stereocenters. The standard InChI is InChI=1S/C9H19N3O5S/c1-3-4-5-12(2)18(16,17)11-7(9(14)15)6-8(10)13/h7,11H,3-6H2,1-2H3,(H2,10,13)(H,14,15)/t7-/m0/s1. The van der Waals surface area contributed by atoms with Crippen molar-refractivity contribution in [1.29, 1.82) is 0 Å². The largest absolute Gasteiger partial charge is 0.480 e. The van der Waals surface area contributed by atoms with Gasteiger partial charge in [0.15, 0.2) is 0 Å². The summed E-state index contributed by atoms with van der Waals surface area (Å²) in [4.78, 5) is 21.4. The lowest BCUT2D eigenvalue weighted by Gasteiger charge is -2.20. The van der Waals surface area contributed by atoms with E-state index in [1.165, 1.54) is 7.05 Å². The molecule has 1 amide bonds. The topological polar surface area (TPSA) is 130 Å². The van der Waals surface area contributed by atoms with Gasteiger partial charge in [-0.1, -0.05) is 13.3 Å². The molecule has 0 aliphatic heterocycles. The van der Waals surface area contributed by atoms with Gasteiger partial charge < -0.3 is 10.8 Å².